The Kier molecular flexibility index (Phi) is 3.61. The van der Waals surface area contributed by atoms with Crippen LogP contribution in [0.5, 0.6) is 0 Å². The molecule has 0 spiro atoms. The minimum atomic E-state index is -1.31. The zero-order chi connectivity index (χ0) is 15.9. The lowest BCUT2D eigenvalue weighted by molar-refractivity contribution is -0.138. The fourth-order valence-corrected chi connectivity index (χ4v) is 2.19. The third kappa shape index (κ3) is 2.81. The molecule has 114 valence electrons. The summed E-state index contributed by atoms with van der Waals surface area (Å²) in [6, 6.07) is 0.724. The highest BCUT2D eigenvalue weighted by molar-refractivity contribution is 5.98. The second-order valence-electron chi connectivity index (χ2n) is 5.77. The molecule has 7 heteroatoms. The molecule has 1 heterocycles. The van der Waals surface area contributed by atoms with Crippen LogP contribution in [0.15, 0.2) is 12.1 Å². The number of rotatable bonds is 1. The number of hydrogen-bond acceptors (Lipinski definition) is 3. The number of halogens is 2. The lowest BCUT2D eigenvalue weighted by atomic mass is 10.1. The predicted molar refractivity (Wildman–Crippen MR) is 70.2 cm³/mol. The Hall–Kier alpha value is -2.18. The van der Waals surface area contributed by atoms with E-state index in [9.17, 15) is 23.5 Å². The van der Waals surface area contributed by atoms with Crippen LogP contribution in [0.3, 0.4) is 0 Å². The maximum absolute atomic E-state index is 13.8. The summed E-state index contributed by atoms with van der Waals surface area (Å²) >= 11 is 0. The molecule has 0 radical (unpaired) electrons. The van der Waals surface area contributed by atoms with E-state index in [4.69, 9.17) is 4.74 Å². The fourth-order valence-electron chi connectivity index (χ4n) is 2.19. The zero-order valence-electron chi connectivity index (χ0n) is 11.8. The van der Waals surface area contributed by atoms with Crippen molar-refractivity contribution in [1.29, 1.82) is 0 Å². The number of fused-ring (bicyclic) bond motifs is 1. The van der Waals surface area contributed by atoms with Crippen LogP contribution in [0, 0.1) is 11.6 Å². The number of amides is 1. The van der Waals surface area contributed by atoms with Crippen LogP contribution in [0.25, 0.3) is 0 Å². The molecule has 21 heavy (non-hydrogen) atoms. The van der Waals surface area contributed by atoms with E-state index in [0.29, 0.717) is 0 Å². The number of nitrogens with zero attached hydrogens (tertiary/aromatic N) is 1. The average molecular weight is 299 g/mol. The van der Waals surface area contributed by atoms with E-state index < -0.39 is 35.3 Å². The first-order valence-electron chi connectivity index (χ1n) is 6.33. The summed E-state index contributed by atoms with van der Waals surface area (Å²) in [6.45, 7) is 4.88. The van der Waals surface area contributed by atoms with E-state index in [0.717, 1.165) is 11.0 Å². The Morgan fingerprint density at radius 2 is 1.95 bits per heavy atom. The summed E-state index contributed by atoms with van der Waals surface area (Å²) < 4.78 is 32.1. The van der Waals surface area contributed by atoms with E-state index in [2.05, 4.69) is 0 Å². The van der Waals surface area contributed by atoms with Crippen molar-refractivity contribution in [2.45, 2.75) is 38.8 Å². The molecular weight excluding hydrogens is 284 g/mol. The first-order valence-corrected chi connectivity index (χ1v) is 6.33. The van der Waals surface area contributed by atoms with E-state index in [1.807, 2.05) is 0 Å². The standard InChI is InChI=1S/C14H15F2NO4/c1-14(2,3)21-13(20)17-9-5-4-8(15)11(16)7(9)6-10(17)12(18)19/h4-5,10H,6H2,1-3H3,(H,18,19)/t10-/m1/s1. The van der Waals surface area contributed by atoms with Crippen molar-refractivity contribution in [2.75, 3.05) is 4.90 Å². The van der Waals surface area contributed by atoms with Gasteiger partial charge in [0.2, 0.25) is 0 Å². The Morgan fingerprint density at radius 3 is 2.48 bits per heavy atom. The Bertz CT molecular complexity index is 610. The van der Waals surface area contributed by atoms with Crippen LogP contribution < -0.4 is 4.90 Å². The molecular formula is C14H15F2NO4. The Morgan fingerprint density at radius 1 is 1.33 bits per heavy atom. The summed E-state index contributed by atoms with van der Waals surface area (Å²) in [6.07, 6.45) is -1.20. The molecule has 5 nitrogen and oxygen atoms in total. The second-order valence-corrected chi connectivity index (χ2v) is 5.77. The van der Waals surface area contributed by atoms with E-state index in [-0.39, 0.29) is 17.7 Å². The maximum atomic E-state index is 13.8. The van der Waals surface area contributed by atoms with Crippen molar-refractivity contribution in [2.24, 2.45) is 0 Å². The second kappa shape index (κ2) is 4.98. The average Bonchev–Trinajstić information content (AvgIpc) is 2.72. The van der Waals surface area contributed by atoms with E-state index >= 15 is 0 Å². The summed E-state index contributed by atoms with van der Waals surface area (Å²) in [4.78, 5) is 24.3. The smallest absolute Gasteiger partial charge is 0.415 e. The fraction of sp³-hybridized carbons (Fsp3) is 0.429. The first kappa shape index (κ1) is 15.2. The number of hydrogen-bond donors (Lipinski definition) is 1. The number of anilines is 1. The molecule has 1 aromatic rings. The quantitative estimate of drug-likeness (QED) is 0.866. The topological polar surface area (TPSA) is 66.8 Å². The lowest BCUT2D eigenvalue weighted by Gasteiger charge is -2.27. The van der Waals surface area contributed by atoms with Crippen molar-refractivity contribution in [3.05, 3.63) is 29.3 Å². The molecule has 0 aliphatic carbocycles. The minimum Gasteiger partial charge on any atom is -0.480 e. The maximum Gasteiger partial charge on any atom is 0.415 e. The first-order chi connectivity index (χ1) is 9.61. The van der Waals surface area contributed by atoms with Crippen molar-refractivity contribution in [1.82, 2.24) is 0 Å². The van der Waals surface area contributed by atoms with Crippen LogP contribution >= 0.6 is 0 Å². The van der Waals surface area contributed by atoms with Gasteiger partial charge in [-0.2, -0.15) is 0 Å². The van der Waals surface area contributed by atoms with Gasteiger partial charge in [-0.05, 0) is 32.9 Å². The van der Waals surface area contributed by atoms with Crippen molar-refractivity contribution in [3.8, 4) is 0 Å². The number of carbonyl (C=O) groups excluding carboxylic acids is 1. The molecule has 1 N–H and O–H groups in total. The van der Waals surface area contributed by atoms with Gasteiger partial charge in [-0.3, -0.25) is 4.90 Å². The monoisotopic (exact) mass is 299 g/mol. The van der Waals surface area contributed by atoms with Gasteiger partial charge in [-0.15, -0.1) is 0 Å². The van der Waals surface area contributed by atoms with Gasteiger partial charge in [-0.1, -0.05) is 0 Å². The molecule has 0 saturated carbocycles. The van der Waals surface area contributed by atoms with Gasteiger partial charge >= 0.3 is 12.1 Å². The van der Waals surface area contributed by atoms with E-state index in [1.54, 1.807) is 20.8 Å². The molecule has 1 aliphatic rings. The van der Waals surface area contributed by atoms with Crippen LogP contribution in [-0.2, 0) is 16.0 Å². The summed E-state index contributed by atoms with van der Waals surface area (Å²) in [5.74, 6) is -3.52. The molecule has 1 aliphatic heterocycles. The van der Waals surface area contributed by atoms with Gasteiger partial charge in [0.15, 0.2) is 11.6 Å². The Balaban J connectivity index is 2.46. The van der Waals surface area contributed by atoms with Gasteiger partial charge < -0.3 is 9.84 Å². The summed E-state index contributed by atoms with van der Waals surface area (Å²) in [5.41, 5.74) is -0.939. The molecule has 1 amide bonds. The molecule has 0 aromatic heterocycles. The predicted octanol–water partition coefficient (Wildman–Crippen LogP) is 2.72. The number of ether oxygens (including phenoxy) is 1. The molecule has 0 fully saturated rings. The zero-order valence-corrected chi connectivity index (χ0v) is 11.8. The van der Waals surface area contributed by atoms with Gasteiger partial charge in [0.1, 0.15) is 11.6 Å². The third-order valence-electron chi connectivity index (χ3n) is 3.02. The number of benzene rings is 1. The Labute approximate surface area is 120 Å². The van der Waals surface area contributed by atoms with Gasteiger partial charge in [-0.25, -0.2) is 18.4 Å². The summed E-state index contributed by atoms with van der Waals surface area (Å²) in [7, 11) is 0. The molecule has 2 rings (SSSR count). The highest BCUT2D eigenvalue weighted by atomic mass is 19.2. The minimum absolute atomic E-state index is 0.0237. The van der Waals surface area contributed by atoms with Crippen molar-refractivity contribution >= 4 is 17.7 Å². The van der Waals surface area contributed by atoms with Crippen molar-refractivity contribution in [3.63, 3.8) is 0 Å². The number of carboxylic acids is 1. The number of aliphatic carboxylic acids is 1. The third-order valence-corrected chi connectivity index (χ3v) is 3.02. The van der Waals surface area contributed by atoms with Gasteiger partial charge in [0.25, 0.3) is 0 Å². The molecule has 0 bridgehead atoms. The molecule has 0 saturated heterocycles. The van der Waals surface area contributed by atoms with Crippen LogP contribution in [0.2, 0.25) is 0 Å². The highest BCUT2D eigenvalue weighted by Gasteiger charge is 2.42. The number of carboxylic acid groups (broad SMARTS) is 1. The van der Waals surface area contributed by atoms with Gasteiger partial charge in [0, 0.05) is 12.0 Å². The van der Waals surface area contributed by atoms with Gasteiger partial charge in [0.05, 0.1) is 5.69 Å². The van der Waals surface area contributed by atoms with Crippen LogP contribution in [0.4, 0.5) is 19.3 Å². The largest absolute Gasteiger partial charge is 0.480 e. The normalized spacial score (nSPS) is 17.6. The number of carbonyl (C=O) groups is 2. The lowest BCUT2D eigenvalue weighted by Crippen LogP contribution is -2.45. The van der Waals surface area contributed by atoms with Crippen molar-refractivity contribution < 1.29 is 28.2 Å². The molecule has 1 aromatic carbocycles. The van der Waals surface area contributed by atoms with Crippen LogP contribution in [0.1, 0.15) is 26.3 Å². The van der Waals surface area contributed by atoms with Crippen LogP contribution in [-0.4, -0.2) is 28.8 Å². The highest BCUT2D eigenvalue weighted by Crippen LogP contribution is 2.36. The molecule has 1 atom stereocenters. The summed E-state index contributed by atoms with van der Waals surface area (Å²) in [5, 5.41) is 9.20. The molecule has 0 unspecified atom stereocenters. The SMILES string of the molecule is CC(C)(C)OC(=O)N1c2ccc(F)c(F)c2C[C@@H]1C(=O)O. The van der Waals surface area contributed by atoms with E-state index in [1.165, 1.54) is 6.07 Å².